The van der Waals surface area contributed by atoms with Gasteiger partial charge in [-0.05, 0) is 6.92 Å². The number of carbonyl (C=O) groups excluding carboxylic acids is 1. The minimum absolute atomic E-state index is 0.0157. The largest absolute Gasteiger partial charge is 0.469 e. The average Bonchev–Trinajstić information content (AvgIpc) is 2.51. The van der Waals surface area contributed by atoms with Crippen molar-refractivity contribution in [3.63, 3.8) is 0 Å². The summed E-state index contributed by atoms with van der Waals surface area (Å²) in [6.45, 7) is 1.85. The van der Waals surface area contributed by atoms with Crippen LogP contribution < -0.4 is 0 Å². The molecule has 0 amide bonds. The van der Waals surface area contributed by atoms with Crippen LogP contribution in [0.25, 0.3) is 0 Å². The SMILES string of the molecule is COC(=O)CC(O)c1cnc(C)s1. The molecule has 1 atom stereocenters. The van der Waals surface area contributed by atoms with Crippen molar-refractivity contribution in [2.45, 2.75) is 19.4 Å². The third kappa shape index (κ3) is 2.78. The maximum atomic E-state index is 10.8. The molecule has 72 valence electrons. The van der Waals surface area contributed by atoms with Gasteiger partial charge < -0.3 is 9.84 Å². The first-order chi connectivity index (χ1) is 6.13. The van der Waals surface area contributed by atoms with E-state index in [0.29, 0.717) is 4.88 Å². The highest BCUT2D eigenvalue weighted by molar-refractivity contribution is 7.11. The lowest BCUT2D eigenvalue weighted by molar-refractivity contribution is -0.142. The molecule has 0 saturated heterocycles. The van der Waals surface area contributed by atoms with Gasteiger partial charge in [-0.15, -0.1) is 11.3 Å². The Morgan fingerprint density at radius 1 is 1.85 bits per heavy atom. The van der Waals surface area contributed by atoms with Crippen molar-refractivity contribution in [1.29, 1.82) is 0 Å². The predicted molar refractivity (Wildman–Crippen MR) is 48.4 cm³/mol. The first-order valence-electron chi connectivity index (χ1n) is 3.80. The van der Waals surface area contributed by atoms with Crippen molar-refractivity contribution in [1.82, 2.24) is 4.98 Å². The fourth-order valence-corrected chi connectivity index (χ4v) is 1.64. The summed E-state index contributed by atoms with van der Waals surface area (Å²) in [5, 5.41) is 10.4. The van der Waals surface area contributed by atoms with E-state index in [2.05, 4.69) is 9.72 Å². The third-order valence-electron chi connectivity index (χ3n) is 1.56. The van der Waals surface area contributed by atoms with Gasteiger partial charge in [-0.25, -0.2) is 4.98 Å². The Bertz CT molecular complexity index is 297. The van der Waals surface area contributed by atoms with E-state index in [1.165, 1.54) is 18.4 Å². The summed E-state index contributed by atoms with van der Waals surface area (Å²) in [4.78, 5) is 15.5. The molecule has 0 spiro atoms. The zero-order valence-corrected chi connectivity index (χ0v) is 8.30. The van der Waals surface area contributed by atoms with E-state index in [1.54, 1.807) is 6.20 Å². The first kappa shape index (κ1) is 10.1. The van der Waals surface area contributed by atoms with E-state index in [4.69, 9.17) is 0 Å². The van der Waals surface area contributed by atoms with Gasteiger partial charge >= 0.3 is 5.97 Å². The minimum atomic E-state index is -0.793. The highest BCUT2D eigenvalue weighted by atomic mass is 32.1. The fourth-order valence-electron chi connectivity index (χ4n) is 0.874. The molecule has 13 heavy (non-hydrogen) atoms. The summed E-state index contributed by atoms with van der Waals surface area (Å²) in [7, 11) is 1.30. The zero-order chi connectivity index (χ0) is 9.84. The number of aliphatic hydroxyl groups is 1. The molecule has 0 aliphatic carbocycles. The van der Waals surface area contributed by atoms with Crippen LogP contribution in [0.1, 0.15) is 22.4 Å². The highest BCUT2D eigenvalue weighted by Gasteiger charge is 2.15. The van der Waals surface area contributed by atoms with Crippen LogP contribution in [-0.4, -0.2) is 23.2 Å². The molecule has 0 bridgehead atoms. The summed E-state index contributed by atoms with van der Waals surface area (Å²) < 4.78 is 4.43. The number of carbonyl (C=O) groups is 1. The monoisotopic (exact) mass is 201 g/mol. The van der Waals surface area contributed by atoms with Gasteiger partial charge in [0.1, 0.15) is 6.10 Å². The Morgan fingerprint density at radius 3 is 3.00 bits per heavy atom. The molecule has 0 aliphatic rings. The Morgan fingerprint density at radius 2 is 2.54 bits per heavy atom. The molecule has 1 N–H and O–H groups in total. The first-order valence-corrected chi connectivity index (χ1v) is 4.62. The Balaban J connectivity index is 2.58. The van der Waals surface area contributed by atoms with E-state index >= 15 is 0 Å². The number of aryl methyl sites for hydroxylation is 1. The normalized spacial score (nSPS) is 12.5. The van der Waals surface area contributed by atoms with Crippen molar-refractivity contribution >= 4 is 17.3 Å². The molecule has 0 saturated carbocycles. The molecule has 4 nitrogen and oxygen atoms in total. The van der Waals surface area contributed by atoms with Gasteiger partial charge in [-0.2, -0.15) is 0 Å². The lowest BCUT2D eigenvalue weighted by Gasteiger charge is -2.04. The number of thiazole rings is 1. The number of hydrogen-bond acceptors (Lipinski definition) is 5. The van der Waals surface area contributed by atoms with Gasteiger partial charge in [-0.3, -0.25) is 4.79 Å². The highest BCUT2D eigenvalue weighted by Crippen LogP contribution is 2.22. The van der Waals surface area contributed by atoms with Gasteiger partial charge in [0.25, 0.3) is 0 Å². The molecule has 1 heterocycles. The lowest BCUT2D eigenvalue weighted by Crippen LogP contribution is -2.06. The van der Waals surface area contributed by atoms with E-state index in [9.17, 15) is 9.90 Å². The van der Waals surface area contributed by atoms with Crippen LogP contribution in [0.4, 0.5) is 0 Å². The standard InChI is InChI=1S/C8H11NO3S/c1-5-9-4-7(13-5)6(10)3-8(11)12-2/h4,6,10H,3H2,1-2H3. The third-order valence-corrected chi connectivity index (χ3v) is 2.57. The number of methoxy groups -OCH3 is 1. The zero-order valence-electron chi connectivity index (χ0n) is 7.48. The number of ether oxygens (including phenoxy) is 1. The van der Waals surface area contributed by atoms with Crippen LogP contribution >= 0.6 is 11.3 Å². The summed E-state index contributed by atoms with van der Waals surface area (Å²) in [5.41, 5.74) is 0. The number of hydrogen-bond donors (Lipinski definition) is 1. The second-order valence-corrected chi connectivity index (χ2v) is 3.84. The Labute approximate surface area is 80.2 Å². The topological polar surface area (TPSA) is 59.4 Å². The van der Waals surface area contributed by atoms with Gasteiger partial charge in [-0.1, -0.05) is 0 Å². The molecule has 0 aromatic carbocycles. The van der Waals surface area contributed by atoms with Gasteiger partial charge in [0.15, 0.2) is 0 Å². The summed E-state index contributed by atoms with van der Waals surface area (Å²) in [5.74, 6) is -0.418. The fraction of sp³-hybridized carbons (Fsp3) is 0.500. The smallest absolute Gasteiger partial charge is 0.308 e. The van der Waals surface area contributed by atoms with Crippen molar-refractivity contribution < 1.29 is 14.6 Å². The van der Waals surface area contributed by atoms with E-state index in [1.807, 2.05) is 6.92 Å². The molecule has 1 unspecified atom stereocenters. The Hall–Kier alpha value is -0.940. The quantitative estimate of drug-likeness (QED) is 0.742. The van der Waals surface area contributed by atoms with Gasteiger partial charge in [0, 0.05) is 6.20 Å². The van der Waals surface area contributed by atoms with Crippen molar-refractivity contribution in [3.8, 4) is 0 Å². The number of rotatable bonds is 3. The molecule has 1 aromatic heterocycles. The van der Waals surface area contributed by atoms with E-state index in [0.717, 1.165) is 5.01 Å². The summed E-state index contributed by atoms with van der Waals surface area (Å²) in [6.07, 6.45) is 0.768. The predicted octanol–water partition coefficient (Wildman–Crippen LogP) is 1.05. The number of aliphatic hydroxyl groups excluding tert-OH is 1. The van der Waals surface area contributed by atoms with Crippen LogP contribution in [0.5, 0.6) is 0 Å². The minimum Gasteiger partial charge on any atom is -0.469 e. The van der Waals surface area contributed by atoms with E-state index < -0.39 is 12.1 Å². The average molecular weight is 201 g/mol. The molecule has 0 radical (unpaired) electrons. The van der Waals surface area contributed by atoms with Crippen molar-refractivity contribution in [2.75, 3.05) is 7.11 Å². The van der Waals surface area contributed by atoms with Crippen LogP contribution in [0.3, 0.4) is 0 Å². The molecule has 0 fully saturated rings. The number of aromatic nitrogens is 1. The van der Waals surface area contributed by atoms with Crippen LogP contribution in [0, 0.1) is 6.92 Å². The summed E-state index contributed by atoms with van der Waals surface area (Å²) in [6, 6.07) is 0. The number of nitrogens with zero attached hydrogens (tertiary/aromatic N) is 1. The van der Waals surface area contributed by atoms with Crippen LogP contribution in [0.15, 0.2) is 6.20 Å². The maximum Gasteiger partial charge on any atom is 0.308 e. The van der Waals surface area contributed by atoms with Gasteiger partial charge in [0.05, 0.1) is 23.4 Å². The van der Waals surface area contributed by atoms with Crippen molar-refractivity contribution in [2.24, 2.45) is 0 Å². The maximum absolute atomic E-state index is 10.8. The second kappa shape index (κ2) is 4.34. The lowest BCUT2D eigenvalue weighted by atomic mass is 10.2. The molecule has 1 rings (SSSR count). The molecular weight excluding hydrogens is 190 g/mol. The van der Waals surface area contributed by atoms with E-state index in [-0.39, 0.29) is 6.42 Å². The van der Waals surface area contributed by atoms with Crippen molar-refractivity contribution in [3.05, 3.63) is 16.1 Å². The molecular formula is C8H11NO3S. The summed E-state index contributed by atoms with van der Waals surface area (Å²) >= 11 is 1.38. The van der Waals surface area contributed by atoms with Gasteiger partial charge in [0.2, 0.25) is 0 Å². The Kier molecular flexibility index (Phi) is 3.39. The second-order valence-electron chi connectivity index (χ2n) is 2.58. The van der Waals surface area contributed by atoms with Crippen LogP contribution in [-0.2, 0) is 9.53 Å². The molecule has 0 aliphatic heterocycles. The number of esters is 1. The molecule has 1 aromatic rings. The molecule has 5 heteroatoms. The van der Waals surface area contributed by atoms with Crippen LogP contribution in [0.2, 0.25) is 0 Å².